The molecule has 3 aromatic rings. The molecule has 2 aromatic carbocycles. The van der Waals surface area contributed by atoms with Crippen LogP contribution in [-0.2, 0) is 0 Å². The number of methoxy groups -OCH3 is 1. The first kappa shape index (κ1) is 20.4. The fourth-order valence-electron chi connectivity index (χ4n) is 3.98. The van der Waals surface area contributed by atoms with Gasteiger partial charge >= 0.3 is 0 Å². The van der Waals surface area contributed by atoms with E-state index in [1.54, 1.807) is 7.11 Å². The number of hydrogen-bond acceptors (Lipinski definition) is 5. The zero-order valence-corrected chi connectivity index (χ0v) is 17.8. The Morgan fingerprint density at radius 2 is 1.70 bits per heavy atom. The second-order valence-corrected chi connectivity index (χ2v) is 7.77. The summed E-state index contributed by atoms with van der Waals surface area (Å²) in [6.45, 7) is 5.75. The van der Waals surface area contributed by atoms with Crippen molar-refractivity contribution < 1.29 is 9.47 Å². The molecule has 156 valence electrons. The van der Waals surface area contributed by atoms with Crippen LogP contribution in [0, 0.1) is 6.92 Å². The van der Waals surface area contributed by atoms with Crippen LogP contribution in [0.5, 0.6) is 11.6 Å². The van der Waals surface area contributed by atoms with Gasteiger partial charge in [0.05, 0.1) is 7.11 Å². The van der Waals surface area contributed by atoms with Crippen LogP contribution in [0.3, 0.4) is 0 Å². The van der Waals surface area contributed by atoms with Crippen molar-refractivity contribution >= 4 is 0 Å². The lowest BCUT2D eigenvalue weighted by atomic mass is 9.89. The Morgan fingerprint density at radius 1 is 0.967 bits per heavy atom. The van der Waals surface area contributed by atoms with Gasteiger partial charge in [-0.3, -0.25) is 4.90 Å². The van der Waals surface area contributed by atoms with Crippen molar-refractivity contribution in [3.8, 4) is 23.0 Å². The van der Waals surface area contributed by atoms with Gasteiger partial charge in [-0.15, -0.1) is 0 Å². The van der Waals surface area contributed by atoms with E-state index in [1.165, 1.54) is 18.4 Å². The van der Waals surface area contributed by atoms with E-state index in [4.69, 9.17) is 9.47 Å². The lowest BCUT2D eigenvalue weighted by Crippen LogP contribution is -2.35. The Hall–Kier alpha value is -2.92. The van der Waals surface area contributed by atoms with Crippen LogP contribution in [0.15, 0.2) is 60.7 Å². The predicted octanol–water partition coefficient (Wildman–Crippen LogP) is 4.72. The van der Waals surface area contributed by atoms with Crippen LogP contribution in [-0.4, -0.2) is 48.2 Å². The molecule has 0 amide bonds. The molecule has 1 aliphatic rings. The molecular formula is C25H29N3O2. The highest BCUT2D eigenvalue weighted by Crippen LogP contribution is 2.27. The number of benzene rings is 2. The van der Waals surface area contributed by atoms with Gasteiger partial charge in [0, 0.05) is 23.9 Å². The summed E-state index contributed by atoms with van der Waals surface area (Å²) in [5.74, 6) is 2.81. The van der Waals surface area contributed by atoms with E-state index in [2.05, 4.69) is 45.2 Å². The zero-order chi connectivity index (χ0) is 20.8. The van der Waals surface area contributed by atoms with Crippen molar-refractivity contribution in [3.63, 3.8) is 0 Å². The molecule has 30 heavy (non-hydrogen) atoms. The van der Waals surface area contributed by atoms with E-state index in [-0.39, 0.29) is 0 Å². The Balaban J connectivity index is 1.29. The number of hydrogen-bond donors (Lipinski definition) is 0. The Labute approximate surface area is 178 Å². The lowest BCUT2D eigenvalue weighted by molar-refractivity contribution is 0.171. The molecule has 2 heterocycles. The third-order valence-corrected chi connectivity index (χ3v) is 5.69. The molecule has 1 aliphatic heterocycles. The molecule has 4 rings (SSSR count). The number of aromatic nitrogens is 2. The lowest BCUT2D eigenvalue weighted by Gasteiger charge is -2.32. The molecule has 1 fully saturated rings. The minimum atomic E-state index is 0.632. The van der Waals surface area contributed by atoms with Gasteiger partial charge in [-0.05, 0) is 68.6 Å². The number of aryl methyl sites for hydroxylation is 1. The zero-order valence-electron chi connectivity index (χ0n) is 17.8. The average Bonchev–Trinajstić information content (AvgIpc) is 2.80. The van der Waals surface area contributed by atoms with Gasteiger partial charge in [-0.1, -0.05) is 30.3 Å². The summed E-state index contributed by atoms with van der Waals surface area (Å²) in [5.41, 5.74) is 3.32. The quantitative estimate of drug-likeness (QED) is 0.571. The third-order valence-electron chi connectivity index (χ3n) is 5.69. The second kappa shape index (κ2) is 9.72. The molecule has 0 radical (unpaired) electrons. The molecular weight excluding hydrogens is 374 g/mol. The van der Waals surface area contributed by atoms with E-state index in [1.807, 2.05) is 37.3 Å². The van der Waals surface area contributed by atoms with Crippen LogP contribution in [0.2, 0.25) is 0 Å². The van der Waals surface area contributed by atoms with Crippen LogP contribution in [0.1, 0.15) is 30.0 Å². The average molecular weight is 404 g/mol. The minimum absolute atomic E-state index is 0.632. The van der Waals surface area contributed by atoms with Crippen molar-refractivity contribution in [1.29, 1.82) is 0 Å². The largest absolute Gasteiger partial charge is 0.497 e. The highest BCUT2D eigenvalue weighted by molar-refractivity contribution is 5.56. The maximum atomic E-state index is 5.99. The topological polar surface area (TPSA) is 47.5 Å². The SMILES string of the molecule is COc1ccc(-c2nc(C)cc(OCCN3CCC(c4ccccc4)CC3)n2)cc1. The van der Waals surface area contributed by atoms with Crippen LogP contribution in [0.4, 0.5) is 0 Å². The monoisotopic (exact) mass is 403 g/mol. The van der Waals surface area contributed by atoms with Gasteiger partial charge in [0.2, 0.25) is 5.88 Å². The Morgan fingerprint density at radius 3 is 2.40 bits per heavy atom. The van der Waals surface area contributed by atoms with Gasteiger partial charge in [-0.2, -0.15) is 4.98 Å². The third kappa shape index (κ3) is 5.16. The molecule has 0 aliphatic carbocycles. The van der Waals surface area contributed by atoms with Gasteiger partial charge in [-0.25, -0.2) is 4.98 Å². The van der Waals surface area contributed by atoms with Crippen LogP contribution in [0.25, 0.3) is 11.4 Å². The second-order valence-electron chi connectivity index (χ2n) is 7.77. The molecule has 0 saturated carbocycles. The maximum Gasteiger partial charge on any atom is 0.217 e. The summed E-state index contributed by atoms with van der Waals surface area (Å²) in [7, 11) is 1.66. The fourth-order valence-corrected chi connectivity index (χ4v) is 3.98. The van der Waals surface area contributed by atoms with Crippen molar-refractivity contribution in [1.82, 2.24) is 14.9 Å². The number of ether oxygens (including phenoxy) is 2. The van der Waals surface area contributed by atoms with E-state index >= 15 is 0 Å². The van der Waals surface area contributed by atoms with Gasteiger partial charge in [0.25, 0.3) is 0 Å². The van der Waals surface area contributed by atoms with Crippen molar-refractivity contribution in [2.24, 2.45) is 0 Å². The first-order valence-corrected chi connectivity index (χ1v) is 10.6. The Kier molecular flexibility index (Phi) is 6.60. The van der Waals surface area contributed by atoms with E-state index in [9.17, 15) is 0 Å². The van der Waals surface area contributed by atoms with Gasteiger partial charge in [0.15, 0.2) is 5.82 Å². The standard InChI is InChI=1S/C25H29N3O2/c1-19-18-24(27-25(26-19)22-8-10-23(29-2)11-9-22)30-17-16-28-14-12-21(13-15-28)20-6-4-3-5-7-20/h3-11,18,21H,12-17H2,1-2H3. The summed E-state index contributed by atoms with van der Waals surface area (Å²) in [5, 5.41) is 0. The predicted molar refractivity (Wildman–Crippen MR) is 119 cm³/mol. The molecule has 0 atom stereocenters. The van der Waals surface area contributed by atoms with Crippen LogP contribution >= 0.6 is 0 Å². The molecule has 1 aromatic heterocycles. The summed E-state index contributed by atoms with van der Waals surface area (Å²) in [6, 6.07) is 20.5. The molecule has 0 bridgehead atoms. The highest BCUT2D eigenvalue weighted by Gasteiger charge is 2.20. The number of piperidine rings is 1. The summed E-state index contributed by atoms with van der Waals surface area (Å²) in [4.78, 5) is 11.6. The van der Waals surface area contributed by atoms with Gasteiger partial charge in [0.1, 0.15) is 12.4 Å². The minimum Gasteiger partial charge on any atom is -0.497 e. The van der Waals surface area contributed by atoms with E-state index < -0.39 is 0 Å². The maximum absolute atomic E-state index is 5.99. The van der Waals surface area contributed by atoms with Crippen LogP contribution < -0.4 is 9.47 Å². The normalized spacial score (nSPS) is 15.1. The number of likely N-dealkylation sites (tertiary alicyclic amines) is 1. The first-order chi connectivity index (χ1) is 14.7. The van der Waals surface area contributed by atoms with E-state index in [0.29, 0.717) is 24.2 Å². The van der Waals surface area contributed by atoms with E-state index in [0.717, 1.165) is 36.6 Å². The summed E-state index contributed by atoms with van der Waals surface area (Å²) in [6.07, 6.45) is 2.41. The summed E-state index contributed by atoms with van der Waals surface area (Å²) >= 11 is 0. The summed E-state index contributed by atoms with van der Waals surface area (Å²) < 4.78 is 11.2. The molecule has 0 spiro atoms. The molecule has 0 unspecified atom stereocenters. The smallest absolute Gasteiger partial charge is 0.217 e. The highest BCUT2D eigenvalue weighted by atomic mass is 16.5. The molecule has 1 saturated heterocycles. The van der Waals surface area contributed by atoms with Gasteiger partial charge < -0.3 is 9.47 Å². The molecule has 5 nitrogen and oxygen atoms in total. The fraction of sp³-hybridized carbons (Fsp3) is 0.360. The Bertz CT molecular complexity index is 936. The van der Waals surface area contributed by atoms with Crippen molar-refractivity contribution in [2.45, 2.75) is 25.7 Å². The number of rotatable bonds is 7. The molecule has 5 heteroatoms. The number of nitrogens with zero attached hydrogens (tertiary/aromatic N) is 3. The first-order valence-electron chi connectivity index (χ1n) is 10.6. The van der Waals surface area contributed by atoms with Crippen molar-refractivity contribution in [2.75, 3.05) is 33.4 Å². The molecule has 0 N–H and O–H groups in total. The van der Waals surface area contributed by atoms with Crippen molar-refractivity contribution in [3.05, 3.63) is 71.9 Å².